The van der Waals surface area contributed by atoms with E-state index in [1.165, 1.54) is 12.1 Å². The number of ether oxygens (including phenoxy) is 2. The maximum absolute atomic E-state index is 13.8. The summed E-state index contributed by atoms with van der Waals surface area (Å²) >= 11 is 0. The van der Waals surface area contributed by atoms with Gasteiger partial charge in [0.1, 0.15) is 36.5 Å². The molecule has 0 aliphatic rings. The Morgan fingerprint density at radius 3 is 2.08 bits per heavy atom. The number of fused-ring (bicyclic) bond motifs is 5. The van der Waals surface area contributed by atoms with E-state index in [1.54, 1.807) is 30.3 Å². The molecule has 242 valence electrons. The van der Waals surface area contributed by atoms with Crippen molar-refractivity contribution in [3.8, 4) is 17.1 Å². The highest BCUT2D eigenvalue weighted by atomic mass is 16.5. The Hall–Kier alpha value is -6.55. The molecule has 10 nitrogen and oxygen atoms in total. The predicted octanol–water partition coefficient (Wildman–Crippen LogP) is 6.38. The zero-order valence-electron chi connectivity index (χ0n) is 26.2. The maximum Gasteiger partial charge on any atom is 0.329 e. The number of rotatable bonds is 10. The standard InChI is InChI=1S/C39H30N4O6/c44-34-20-19-27(36-40-30-16-8-7-15-28(30)37-41-31-17-9-10-18-33(31)43(36)37)21-29(34)38(46)42-32(39(47)49-24-26-13-5-2-6-14-26)22-35(45)48-23-25-11-3-1-4-12-25/h1-21,32,44H,22-24H2,(H,42,46)/t32-/m0/s1. The number of carbonyl (C=O) groups is 3. The summed E-state index contributed by atoms with van der Waals surface area (Å²) < 4.78 is 12.8. The van der Waals surface area contributed by atoms with Gasteiger partial charge in [0.2, 0.25) is 0 Å². The Kier molecular flexibility index (Phi) is 8.66. The highest BCUT2D eigenvalue weighted by molar-refractivity contribution is 6.02. The number of aromatic nitrogens is 3. The number of phenols is 1. The average molecular weight is 651 g/mol. The van der Waals surface area contributed by atoms with Gasteiger partial charge in [-0.25, -0.2) is 14.8 Å². The third-order valence-electron chi connectivity index (χ3n) is 8.07. The van der Waals surface area contributed by atoms with Gasteiger partial charge < -0.3 is 19.9 Å². The van der Waals surface area contributed by atoms with Crippen LogP contribution in [-0.4, -0.2) is 43.4 Å². The van der Waals surface area contributed by atoms with Gasteiger partial charge in [0.05, 0.1) is 28.5 Å². The number of esters is 2. The first-order valence-corrected chi connectivity index (χ1v) is 15.6. The van der Waals surface area contributed by atoms with E-state index in [1.807, 2.05) is 89.3 Å². The van der Waals surface area contributed by atoms with E-state index in [4.69, 9.17) is 19.4 Å². The third kappa shape index (κ3) is 6.66. The van der Waals surface area contributed by atoms with Crippen molar-refractivity contribution in [1.29, 1.82) is 0 Å². The van der Waals surface area contributed by atoms with E-state index >= 15 is 0 Å². The van der Waals surface area contributed by atoms with Crippen LogP contribution in [0.1, 0.15) is 27.9 Å². The summed E-state index contributed by atoms with van der Waals surface area (Å²) in [6.07, 6.45) is -0.486. The molecule has 1 atom stereocenters. The molecule has 0 aliphatic heterocycles. The number of phenolic OH excluding ortho intramolecular Hbond substituents is 1. The summed E-state index contributed by atoms with van der Waals surface area (Å²) in [4.78, 5) is 49.8. The van der Waals surface area contributed by atoms with Crippen LogP contribution < -0.4 is 5.32 Å². The Morgan fingerprint density at radius 2 is 1.35 bits per heavy atom. The lowest BCUT2D eigenvalue weighted by Gasteiger charge is -2.18. The summed E-state index contributed by atoms with van der Waals surface area (Å²) in [6.45, 7) is -0.0628. The van der Waals surface area contributed by atoms with E-state index in [2.05, 4.69) is 5.32 Å². The van der Waals surface area contributed by atoms with Gasteiger partial charge in [0, 0.05) is 10.9 Å². The smallest absolute Gasteiger partial charge is 0.329 e. The molecular formula is C39H30N4O6. The molecule has 0 spiro atoms. The number of hydrogen-bond acceptors (Lipinski definition) is 8. The molecule has 0 saturated heterocycles. The topological polar surface area (TPSA) is 132 Å². The fraction of sp³-hybridized carbons (Fsp3) is 0.103. The lowest BCUT2D eigenvalue weighted by atomic mass is 10.1. The van der Waals surface area contributed by atoms with Crippen LogP contribution in [0.3, 0.4) is 0 Å². The van der Waals surface area contributed by atoms with Gasteiger partial charge in [-0.1, -0.05) is 84.9 Å². The molecule has 2 aromatic heterocycles. The molecule has 2 N–H and O–H groups in total. The normalized spacial score (nSPS) is 11.8. The van der Waals surface area contributed by atoms with Crippen LogP contribution in [-0.2, 0) is 32.3 Å². The molecule has 10 heteroatoms. The highest BCUT2D eigenvalue weighted by Crippen LogP contribution is 2.31. The van der Waals surface area contributed by atoms with Gasteiger partial charge in [-0.15, -0.1) is 0 Å². The Morgan fingerprint density at radius 1 is 0.714 bits per heavy atom. The van der Waals surface area contributed by atoms with E-state index in [0.29, 0.717) is 22.6 Å². The second-order valence-electron chi connectivity index (χ2n) is 11.4. The zero-order valence-corrected chi connectivity index (χ0v) is 26.2. The van der Waals surface area contributed by atoms with E-state index in [9.17, 15) is 19.5 Å². The first-order valence-electron chi connectivity index (χ1n) is 15.6. The Bertz CT molecular complexity index is 2320. The number of nitrogens with zero attached hydrogens (tertiary/aromatic N) is 3. The lowest BCUT2D eigenvalue weighted by Crippen LogP contribution is -2.43. The summed E-state index contributed by atoms with van der Waals surface area (Å²) in [6, 6.07) is 36.6. The van der Waals surface area contributed by atoms with Crippen molar-refractivity contribution in [2.24, 2.45) is 0 Å². The van der Waals surface area contributed by atoms with Gasteiger partial charge >= 0.3 is 11.9 Å². The van der Waals surface area contributed by atoms with Crippen molar-refractivity contribution in [3.63, 3.8) is 0 Å². The number of amides is 1. The molecule has 0 saturated carbocycles. The highest BCUT2D eigenvalue weighted by Gasteiger charge is 2.28. The number of benzene rings is 5. The second kappa shape index (κ2) is 13.7. The van der Waals surface area contributed by atoms with Crippen molar-refractivity contribution < 1.29 is 29.0 Å². The molecular weight excluding hydrogens is 620 g/mol. The monoisotopic (exact) mass is 650 g/mol. The fourth-order valence-corrected chi connectivity index (χ4v) is 5.62. The van der Waals surface area contributed by atoms with Crippen molar-refractivity contribution in [1.82, 2.24) is 19.7 Å². The van der Waals surface area contributed by atoms with Crippen molar-refractivity contribution in [3.05, 3.63) is 144 Å². The van der Waals surface area contributed by atoms with Crippen LogP contribution in [0, 0.1) is 0 Å². The SMILES string of the molecule is O=C(C[C@H](NC(=O)c1cc(-c2nc3ccccc3c3nc4ccccc4n23)ccc1O)C(=O)OCc1ccccc1)OCc1ccccc1. The second-order valence-corrected chi connectivity index (χ2v) is 11.4. The van der Waals surface area contributed by atoms with Crippen molar-refractivity contribution in [2.45, 2.75) is 25.7 Å². The van der Waals surface area contributed by atoms with Crippen LogP contribution >= 0.6 is 0 Å². The molecule has 49 heavy (non-hydrogen) atoms. The maximum atomic E-state index is 13.8. The van der Waals surface area contributed by atoms with E-state index < -0.39 is 30.3 Å². The van der Waals surface area contributed by atoms with E-state index in [0.717, 1.165) is 27.5 Å². The van der Waals surface area contributed by atoms with Gasteiger partial charge in [-0.3, -0.25) is 14.0 Å². The molecule has 5 aromatic carbocycles. The summed E-state index contributed by atoms with van der Waals surface area (Å²) in [5.41, 5.74) is 4.89. The quantitative estimate of drug-likeness (QED) is 0.163. The average Bonchev–Trinajstić information content (AvgIpc) is 3.53. The third-order valence-corrected chi connectivity index (χ3v) is 8.07. The summed E-state index contributed by atoms with van der Waals surface area (Å²) in [7, 11) is 0. The number of carbonyl (C=O) groups excluding carboxylic acids is 3. The molecule has 7 aromatic rings. The molecule has 1 amide bonds. The molecule has 7 rings (SSSR count). The minimum atomic E-state index is -1.40. The van der Waals surface area contributed by atoms with Gasteiger partial charge in [-0.2, -0.15) is 0 Å². The Balaban J connectivity index is 1.19. The minimum absolute atomic E-state index is 0.00159. The van der Waals surface area contributed by atoms with Crippen molar-refractivity contribution >= 4 is 45.4 Å². The molecule has 0 bridgehead atoms. The molecule has 2 heterocycles. The number of aromatic hydroxyl groups is 1. The number of para-hydroxylation sites is 3. The number of hydrogen-bond donors (Lipinski definition) is 2. The molecule has 0 unspecified atom stereocenters. The van der Waals surface area contributed by atoms with Crippen LogP contribution in [0.4, 0.5) is 0 Å². The number of nitrogens with one attached hydrogen (secondary N) is 1. The lowest BCUT2D eigenvalue weighted by molar-refractivity contribution is -0.153. The zero-order chi connectivity index (χ0) is 33.7. The first-order chi connectivity index (χ1) is 23.9. The predicted molar refractivity (Wildman–Crippen MR) is 183 cm³/mol. The van der Waals surface area contributed by atoms with Crippen LogP contribution in [0.2, 0.25) is 0 Å². The van der Waals surface area contributed by atoms with Crippen LogP contribution in [0.15, 0.2) is 127 Å². The van der Waals surface area contributed by atoms with Crippen LogP contribution in [0.25, 0.3) is 39.0 Å². The van der Waals surface area contributed by atoms with Crippen molar-refractivity contribution in [2.75, 3.05) is 0 Å². The molecule has 0 fully saturated rings. The minimum Gasteiger partial charge on any atom is -0.507 e. The summed E-state index contributed by atoms with van der Waals surface area (Å²) in [5, 5.41) is 14.3. The Labute approximate surface area is 280 Å². The fourth-order valence-electron chi connectivity index (χ4n) is 5.62. The largest absolute Gasteiger partial charge is 0.507 e. The van der Waals surface area contributed by atoms with E-state index in [-0.39, 0.29) is 24.5 Å². The van der Waals surface area contributed by atoms with Gasteiger partial charge in [0.15, 0.2) is 0 Å². The number of imidazole rings is 1. The van der Waals surface area contributed by atoms with Gasteiger partial charge in [0.25, 0.3) is 5.91 Å². The molecule has 0 aliphatic carbocycles. The summed E-state index contributed by atoms with van der Waals surface area (Å²) in [5.74, 6) is -2.15. The first kappa shape index (κ1) is 31.1. The van der Waals surface area contributed by atoms with Gasteiger partial charge in [-0.05, 0) is 53.6 Å². The van der Waals surface area contributed by atoms with Crippen LogP contribution in [0.5, 0.6) is 5.75 Å². The molecule has 0 radical (unpaired) electrons.